The van der Waals surface area contributed by atoms with E-state index in [4.69, 9.17) is 16.1 Å². The van der Waals surface area contributed by atoms with Crippen LogP contribution < -0.4 is 0 Å². The summed E-state index contributed by atoms with van der Waals surface area (Å²) in [6.07, 6.45) is 0.396. The number of phenolic OH excluding ortho intramolecular Hbond substituents is 1. The fourth-order valence-corrected chi connectivity index (χ4v) is 1.99. The highest BCUT2D eigenvalue weighted by molar-refractivity contribution is 6.30. The van der Waals surface area contributed by atoms with Crippen molar-refractivity contribution in [3.8, 4) is 17.1 Å². The third-order valence-electron chi connectivity index (χ3n) is 2.90. The third-order valence-corrected chi connectivity index (χ3v) is 3.16. The summed E-state index contributed by atoms with van der Waals surface area (Å²) in [4.78, 5) is 4.31. The largest absolute Gasteiger partial charge is 0.508 e. The van der Waals surface area contributed by atoms with Gasteiger partial charge in [0.25, 0.3) is 0 Å². The van der Waals surface area contributed by atoms with Gasteiger partial charge in [0.1, 0.15) is 5.75 Å². The average Bonchev–Trinajstić information content (AvgIpc) is 2.91. The molecule has 1 aromatic heterocycles. The van der Waals surface area contributed by atoms with E-state index in [1.165, 1.54) is 0 Å². The number of halogens is 1. The van der Waals surface area contributed by atoms with Crippen molar-refractivity contribution in [1.82, 2.24) is 10.1 Å². The number of benzene rings is 2. The molecule has 0 bridgehead atoms. The fourth-order valence-electron chi connectivity index (χ4n) is 1.87. The Hall–Kier alpha value is -2.33. The van der Waals surface area contributed by atoms with Crippen LogP contribution >= 0.6 is 11.6 Å². The van der Waals surface area contributed by atoms with Crippen molar-refractivity contribution in [2.24, 2.45) is 0 Å². The van der Waals surface area contributed by atoms with E-state index in [1.807, 2.05) is 24.3 Å². The van der Waals surface area contributed by atoms with Crippen LogP contribution in [0.15, 0.2) is 53.1 Å². The molecule has 0 aliphatic heterocycles. The van der Waals surface area contributed by atoms with Gasteiger partial charge in [-0.3, -0.25) is 0 Å². The molecule has 0 atom stereocenters. The number of nitrogens with zero attached hydrogens (tertiary/aromatic N) is 2. The molecule has 0 fully saturated rings. The minimum Gasteiger partial charge on any atom is -0.508 e. The van der Waals surface area contributed by atoms with Crippen molar-refractivity contribution in [2.75, 3.05) is 0 Å². The molecule has 5 heteroatoms. The molecule has 0 saturated heterocycles. The van der Waals surface area contributed by atoms with Gasteiger partial charge in [-0.05, 0) is 30.3 Å². The number of hydrogen-bond acceptors (Lipinski definition) is 4. The average molecular weight is 287 g/mol. The molecule has 0 saturated carbocycles. The Balaban J connectivity index is 1.84. The molecule has 0 spiro atoms. The Morgan fingerprint density at radius 1 is 1.05 bits per heavy atom. The lowest BCUT2D eigenvalue weighted by Gasteiger charge is -1.99. The highest BCUT2D eigenvalue weighted by Crippen LogP contribution is 2.22. The maximum atomic E-state index is 9.72. The summed E-state index contributed by atoms with van der Waals surface area (Å²) in [5.41, 5.74) is 1.58. The summed E-state index contributed by atoms with van der Waals surface area (Å²) in [7, 11) is 0. The van der Waals surface area contributed by atoms with Gasteiger partial charge in [0.05, 0.1) is 6.42 Å². The lowest BCUT2D eigenvalue weighted by atomic mass is 10.1. The van der Waals surface area contributed by atoms with E-state index in [0.717, 1.165) is 11.1 Å². The molecular formula is C15H11ClN2O2. The Labute approximate surface area is 120 Å². The maximum absolute atomic E-state index is 9.72. The van der Waals surface area contributed by atoms with E-state index in [1.54, 1.807) is 24.3 Å². The topological polar surface area (TPSA) is 59.2 Å². The molecule has 0 unspecified atom stereocenters. The highest BCUT2D eigenvalue weighted by atomic mass is 35.5. The Morgan fingerprint density at radius 2 is 1.80 bits per heavy atom. The SMILES string of the molecule is Oc1ccccc1Cc1nc(-c2ccc(Cl)cc2)no1. The van der Waals surface area contributed by atoms with Gasteiger partial charge in [-0.1, -0.05) is 35.0 Å². The van der Waals surface area contributed by atoms with Crippen LogP contribution in [0, 0.1) is 0 Å². The highest BCUT2D eigenvalue weighted by Gasteiger charge is 2.10. The van der Waals surface area contributed by atoms with Gasteiger partial charge in [-0.25, -0.2) is 0 Å². The monoisotopic (exact) mass is 286 g/mol. The van der Waals surface area contributed by atoms with Crippen molar-refractivity contribution >= 4 is 11.6 Å². The lowest BCUT2D eigenvalue weighted by molar-refractivity contribution is 0.383. The Kier molecular flexibility index (Phi) is 3.39. The van der Waals surface area contributed by atoms with Gasteiger partial charge in [0, 0.05) is 16.1 Å². The number of para-hydroxylation sites is 1. The van der Waals surface area contributed by atoms with Crippen LogP contribution in [0.1, 0.15) is 11.5 Å². The molecule has 100 valence electrons. The summed E-state index contributed by atoms with van der Waals surface area (Å²) < 4.78 is 5.20. The van der Waals surface area contributed by atoms with Crippen molar-refractivity contribution in [2.45, 2.75) is 6.42 Å². The first-order valence-electron chi connectivity index (χ1n) is 6.08. The first-order valence-corrected chi connectivity index (χ1v) is 6.45. The molecule has 0 aliphatic rings. The quantitative estimate of drug-likeness (QED) is 0.798. The number of rotatable bonds is 3. The first kappa shape index (κ1) is 12.7. The predicted octanol–water partition coefficient (Wildman–Crippen LogP) is 3.69. The Morgan fingerprint density at radius 3 is 2.55 bits per heavy atom. The minimum atomic E-state index is 0.221. The van der Waals surface area contributed by atoms with E-state index >= 15 is 0 Å². The molecule has 1 N–H and O–H groups in total. The molecular weight excluding hydrogens is 276 g/mol. The molecule has 1 heterocycles. The zero-order valence-corrected chi connectivity index (χ0v) is 11.2. The van der Waals surface area contributed by atoms with Gasteiger partial charge in [0.2, 0.25) is 11.7 Å². The van der Waals surface area contributed by atoms with Gasteiger partial charge in [-0.2, -0.15) is 4.98 Å². The molecule has 4 nitrogen and oxygen atoms in total. The van der Waals surface area contributed by atoms with Gasteiger partial charge in [-0.15, -0.1) is 0 Å². The summed E-state index contributed by atoms with van der Waals surface area (Å²) >= 11 is 5.84. The first-order chi connectivity index (χ1) is 9.72. The zero-order valence-electron chi connectivity index (χ0n) is 10.5. The molecule has 0 aliphatic carbocycles. The van der Waals surface area contributed by atoms with Gasteiger partial charge in [0.15, 0.2) is 0 Å². The molecule has 3 aromatic rings. The molecule has 20 heavy (non-hydrogen) atoms. The second-order valence-corrected chi connectivity index (χ2v) is 4.76. The van der Waals surface area contributed by atoms with Crippen LogP contribution in [0.5, 0.6) is 5.75 Å². The van der Waals surface area contributed by atoms with Crippen molar-refractivity contribution in [3.63, 3.8) is 0 Å². The van der Waals surface area contributed by atoms with Crippen molar-refractivity contribution in [1.29, 1.82) is 0 Å². The Bertz CT molecular complexity index is 723. The number of aromatic hydroxyl groups is 1. The number of phenols is 1. The van der Waals surface area contributed by atoms with Crippen LogP contribution in [-0.4, -0.2) is 15.2 Å². The molecule has 0 amide bonds. The van der Waals surface area contributed by atoms with E-state index in [9.17, 15) is 5.11 Å². The summed E-state index contributed by atoms with van der Waals surface area (Å²) in [5.74, 6) is 1.18. The summed E-state index contributed by atoms with van der Waals surface area (Å²) in [6.45, 7) is 0. The standard InChI is InChI=1S/C15H11ClN2O2/c16-12-7-5-10(6-8-12)15-17-14(20-18-15)9-11-3-1-2-4-13(11)19/h1-8,19H,9H2. The second-order valence-electron chi connectivity index (χ2n) is 4.32. The summed E-state index contributed by atoms with van der Waals surface area (Å²) in [5, 5.41) is 14.3. The van der Waals surface area contributed by atoms with Crippen LogP contribution in [0.3, 0.4) is 0 Å². The van der Waals surface area contributed by atoms with E-state index in [2.05, 4.69) is 10.1 Å². The zero-order chi connectivity index (χ0) is 13.9. The van der Waals surface area contributed by atoms with Gasteiger partial charge >= 0.3 is 0 Å². The van der Waals surface area contributed by atoms with Crippen molar-refractivity contribution < 1.29 is 9.63 Å². The van der Waals surface area contributed by atoms with E-state index in [0.29, 0.717) is 23.2 Å². The van der Waals surface area contributed by atoms with Crippen LogP contribution in [0.25, 0.3) is 11.4 Å². The van der Waals surface area contributed by atoms with Crippen LogP contribution in [-0.2, 0) is 6.42 Å². The lowest BCUT2D eigenvalue weighted by Crippen LogP contribution is -1.89. The van der Waals surface area contributed by atoms with Crippen LogP contribution in [0.2, 0.25) is 5.02 Å². The normalized spacial score (nSPS) is 10.7. The number of aromatic nitrogens is 2. The smallest absolute Gasteiger partial charge is 0.231 e. The molecule has 0 radical (unpaired) electrons. The maximum Gasteiger partial charge on any atom is 0.231 e. The second kappa shape index (κ2) is 5.35. The fraction of sp³-hybridized carbons (Fsp3) is 0.0667. The molecule has 2 aromatic carbocycles. The predicted molar refractivity (Wildman–Crippen MR) is 75.7 cm³/mol. The third kappa shape index (κ3) is 2.65. The van der Waals surface area contributed by atoms with Gasteiger partial charge < -0.3 is 9.63 Å². The number of hydrogen-bond donors (Lipinski definition) is 1. The van der Waals surface area contributed by atoms with E-state index in [-0.39, 0.29) is 5.75 Å². The molecule has 3 rings (SSSR count). The van der Waals surface area contributed by atoms with Crippen LogP contribution in [0.4, 0.5) is 0 Å². The van der Waals surface area contributed by atoms with E-state index < -0.39 is 0 Å². The summed E-state index contributed by atoms with van der Waals surface area (Å²) in [6, 6.07) is 14.3. The minimum absolute atomic E-state index is 0.221. The van der Waals surface area contributed by atoms with Crippen molar-refractivity contribution in [3.05, 3.63) is 65.0 Å².